The Morgan fingerprint density at radius 1 is 0.341 bits per heavy atom. The zero-order valence-electron chi connectivity index (χ0n) is 19.6. The quantitative estimate of drug-likeness (QED) is 0.0501. The van der Waals surface area contributed by atoms with Crippen molar-refractivity contribution in [3.05, 3.63) is 121 Å². The van der Waals surface area contributed by atoms with Crippen molar-refractivity contribution in [3.8, 4) is 0 Å². The molecular weight excluding hydrogens is 676 g/mol. The molecule has 2 aromatic rings. The van der Waals surface area contributed by atoms with Gasteiger partial charge in [-0.3, -0.25) is 0 Å². The summed E-state index contributed by atoms with van der Waals surface area (Å²) in [5.74, 6) is -30.4. The number of hydrogen-bond acceptors (Lipinski definition) is 8. The first-order valence-electron chi connectivity index (χ1n) is 9.74. The maximum atomic E-state index is 15.3. The summed E-state index contributed by atoms with van der Waals surface area (Å²) >= 11 is 0. The van der Waals surface area contributed by atoms with Gasteiger partial charge in [-0.15, -0.1) is 0 Å². The van der Waals surface area contributed by atoms with Crippen LogP contribution in [0.3, 0.4) is 0 Å². The molecule has 2 aromatic carbocycles. The van der Waals surface area contributed by atoms with Crippen LogP contribution in [0.15, 0.2) is 29.3 Å². The molecule has 20 nitrogen and oxygen atoms in total. The number of hydrogen-bond donors (Lipinski definition) is 0. The Bertz CT molecular complexity index is 1670. The first kappa shape index (κ1) is 32.6. The van der Waals surface area contributed by atoms with Gasteiger partial charge in [-0.25, -0.2) is 0 Å². The van der Waals surface area contributed by atoms with Gasteiger partial charge in [0.15, 0.2) is 0 Å². The third-order valence-corrected chi connectivity index (χ3v) is 15.1. The molecule has 1 aliphatic rings. The van der Waals surface area contributed by atoms with Gasteiger partial charge in [-0.2, -0.15) is 0 Å². The Kier molecular flexibility index (Phi) is 7.70. The normalized spacial score (nSPS) is 18.2. The summed E-state index contributed by atoms with van der Waals surface area (Å²) in [6.45, 7) is 0. The number of anilines is 2. The third kappa shape index (κ3) is 3.53. The third-order valence-electron chi connectivity index (χ3n) is 5.33. The number of halogens is 10. The van der Waals surface area contributed by atoms with Gasteiger partial charge < -0.3 is 0 Å². The average molecular weight is 676 g/mol. The van der Waals surface area contributed by atoms with E-state index in [1.165, 1.54) is 0 Å². The fourth-order valence-electron chi connectivity index (χ4n) is 3.95. The molecule has 0 bridgehead atoms. The monoisotopic (exact) mass is 676 g/mol. The minimum atomic E-state index is -7.76. The predicted octanol–water partition coefficient (Wildman–Crippen LogP) is 10.5. The maximum absolute atomic E-state index is 15.3. The predicted molar refractivity (Wildman–Crippen MR) is 126 cm³/mol. The van der Waals surface area contributed by atoms with E-state index in [4.69, 9.17) is 0 Å². The van der Waals surface area contributed by atoms with E-state index in [2.05, 4.69) is 29.3 Å². The Morgan fingerprint density at radius 3 is 0.659 bits per heavy atom. The molecule has 44 heavy (non-hydrogen) atoms. The first-order chi connectivity index (χ1) is 20.6. The zero-order chi connectivity index (χ0) is 33.5. The molecule has 1 heterocycles. The van der Waals surface area contributed by atoms with Crippen molar-refractivity contribution in [1.29, 1.82) is 0 Å². The van der Waals surface area contributed by atoms with E-state index in [1.807, 2.05) is 29.5 Å². The van der Waals surface area contributed by atoms with Crippen molar-refractivity contribution >= 4 is 26.1 Å². The van der Waals surface area contributed by atoms with E-state index in [1.54, 1.807) is 0 Å². The van der Waals surface area contributed by atoms with Gasteiger partial charge in [-0.1, -0.05) is 0 Å². The molecule has 0 radical (unpaired) electrons. The van der Waals surface area contributed by atoms with Gasteiger partial charge in [0.25, 0.3) is 0 Å². The van der Waals surface area contributed by atoms with Crippen molar-refractivity contribution < 1.29 is 43.9 Å². The van der Waals surface area contributed by atoms with Gasteiger partial charge in [0, 0.05) is 0 Å². The Labute approximate surface area is 229 Å². The van der Waals surface area contributed by atoms with Crippen molar-refractivity contribution in [2.24, 2.45) is 29.3 Å². The summed E-state index contributed by atoms with van der Waals surface area (Å²) in [7, 11) is -15.5. The molecule has 0 amide bonds. The Balaban J connectivity index is 3.08. The number of nitrogens with zero attached hydrogens (tertiary/aromatic N) is 20. The first-order valence-corrected chi connectivity index (χ1v) is 13.7. The van der Waals surface area contributed by atoms with Gasteiger partial charge >= 0.3 is 229 Å². The van der Waals surface area contributed by atoms with Crippen molar-refractivity contribution in [3.63, 3.8) is 0 Å². The van der Waals surface area contributed by atoms with Gasteiger partial charge in [0.2, 0.25) is 0 Å². The standard InChI is InChI=1S/C12F10N20P2/c13-1-3(15)7(19)11(8(20)4(1)16)41-43(35-29-23,36-30-24,37-31-25)42(44(41,38-32-26,39-33-27)40-34-28)12-9(21)5(17)2(14)6(18)10(12)22. The number of benzene rings is 2. The molecular formula is C12F10N20P2. The molecule has 1 aliphatic heterocycles. The second kappa shape index (κ2) is 10.4. The second-order valence-electron chi connectivity index (χ2n) is 7.28. The molecule has 0 aromatic heterocycles. The average Bonchev–Trinajstić information content (AvgIpc) is 2.98. The molecule has 228 valence electrons. The van der Waals surface area contributed by atoms with Crippen LogP contribution in [0.4, 0.5) is 55.3 Å². The summed E-state index contributed by atoms with van der Waals surface area (Å²) in [5.41, 5.74) is 50.5. The van der Waals surface area contributed by atoms with Gasteiger partial charge in [-0.05, 0) is 0 Å². The van der Waals surface area contributed by atoms with Crippen LogP contribution in [-0.4, -0.2) is 0 Å². The summed E-state index contributed by atoms with van der Waals surface area (Å²) in [6.07, 6.45) is 0. The molecule has 32 heteroatoms. The molecule has 0 unspecified atom stereocenters. The topological polar surface area (TPSA) is 299 Å². The van der Waals surface area contributed by atoms with Crippen LogP contribution in [0.25, 0.3) is 62.7 Å². The molecule has 0 saturated carbocycles. The van der Waals surface area contributed by atoms with E-state index in [-0.39, 0.29) is 0 Å². The molecule has 0 spiro atoms. The van der Waals surface area contributed by atoms with Crippen molar-refractivity contribution in [2.45, 2.75) is 0 Å². The summed E-state index contributed by atoms with van der Waals surface area (Å²) in [6, 6.07) is 0. The Hall–Kier alpha value is -5.94. The van der Waals surface area contributed by atoms with Gasteiger partial charge in [0.1, 0.15) is 0 Å². The number of azide groups is 2. The fourth-order valence-corrected chi connectivity index (χ4v) is 14.7. The minimum absolute atomic E-state index is 1.11. The molecule has 0 atom stereocenters. The number of rotatable bonds is 8. The summed E-state index contributed by atoms with van der Waals surface area (Å²) in [5, 5.41) is 0. The SMILES string of the molecule is [N-]=[N+]=NP1(N=[N+]=[N-])(N=[N+]=[N-])N(c2c(F)c(F)c(F)c(F)c2F)P(N=[N+]=[N-])(N=[N+]=[N-])(N=[N+]=[N-])N1c1c(F)c(F)c(F)c(F)c1F. The van der Waals surface area contributed by atoms with Crippen molar-refractivity contribution in [2.75, 3.05) is 8.88 Å². The van der Waals surface area contributed by atoms with E-state index in [9.17, 15) is 59.5 Å². The van der Waals surface area contributed by atoms with Gasteiger partial charge in [0.05, 0.1) is 0 Å². The van der Waals surface area contributed by atoms with Crippen LogP contribution in [0.2, 0.25) is 0 Å². The van der Waals surface area contributed by atoms with Crippen molar-refractivity contribution in [1.82, 2.24) is 0 Å². The van der Waals surface area contributed by atoms with Crippen LogP contribution in [0.1, 0.15) is 0 Å². The fraction of sp³-hybridized carbons (Fsp3) is 0. The van der Waals surface area contributed by atoms with Crippen LogP contribution in [0, 0.1) is 58.2 Å². The van der Waals surface area contributed by atoms with E-state index in [0.29, 0.717) is 0 Å². The summed E-state index contributed by atoms with van der Waals surface area (Å²) in [4.78, 5) is 27.9. The molecule has 3 rings (SSSR count). The van der Waals surface area contributed by atoms with Crippen LogP contribution >= 0.6 is 14.7 Å². The molecule has 1 fully saturated rings. The molecule has 0 N–H and O–H groups in total. The van der Waals surface area contributed by atoms with Crippen LogP contribution in [-0.2, 0) is 0 Å². The van der Waals surface area contributed by atoms with Crippen LogP contribution in [0.5, 0.6) is 0 Å². The summed E-state index contributed by atoms with van der Waals surface area (Å²) < 4.78 is 145. The van der Waals surface area contributed by atoms with Crippen LogP contribution < -0.4 is 8.88 Å². The van der Waals surface area contributed by atoms with E-state index >= 15 is 17.6 Å². The second-order valence-corrected chi connectivity index (χ2v) is 14.2. The zero-order valence-corrected chi connectivity index (χ0v) is 21.4. The van der Waals surface area contributed by atoms with E-state index in [0.717, 1.165) is 0 Å². The van der Waals surface area contributed by atoms with E-state index < -0.39 is 93.1 Å². The molecule has 0 aliphatic carbocycles. The molecule has 1 saturated heterocycles. The Morgan fingerprint density at radius 2 is 0.500 bits per heavy atom.